The van der Waals surface area contributed by atoms with Crippen LogP contribution in [0, 0.1) is 6.92 Å². The van der Waals surface area contributed by atoms with Crippen LogP contribution < -0.4 is 32.7 Å². The second-order valence-electron chi connectivity index (χ2n) is 9.42. The molecular weight excluding hydrogens is 595 g/mol. The Morgan fingerprint density at radius 2 is 1.79 bits per heavy atom. The largest absolute Gasteiger partial charge is 0.478 e. The maximum atomic E-state index is 12.9. The summed E-state index contributed by atoms with van der Waals surface area (Å²) < 4.78 is 6.04. The molecule has 0 radical (unpaired) electrons. The molecule has 43 heavy (non-hydrogen) atoms. The summed E-state index contributed by atoms with van der Waals surface area (Å²) in [5, 5.41) is 23.1. The molecule has 0 fully saturated rings. The maximum absolute atomic E-state index is 12.9. The highest BCUT2D eigenvalue weighted by molar-refractivity contribution is 6.35. The van der Waals surface area contributed by atoms with Crippen LogP contribution in [-0.2, 0) is 11.3 Å². The highest BCUT2D eigenvalue weighted by Gasteiger charge is 2.23. The molecule has 9 N–H and O–H groups in total. The van der Waals surface area contributed by atoms with E-state index in [1.54, 1.807) is 55.5 Å². The van der Waals surface area contributed by atoms with E-state index in [0.29, 0.717) is 63.1 Å². The molecule has 2 aromatic heterocycles. The molecule has 0 spiro atoms. The van der Waals surface area contributed by atoms with Crippen molar-refractivity contribution in [1.29, 1.82) is 0 Å². The normalized spacial score (nSPS) is 11.6. The van der Waals surface area contributed by atoms with Gasteiger partial charge < -0.3 is 42.3 Å². The first kappa shape index (κ1) is 31.6. The van der Waals surface area contributed by atoms with Gasteiger partial charge in [0.15, 0.2) is 11.6 Å². The molecule has 226 valence electrons. The number of benzene rings is 2. The number of nitrogens with zero attached hydrogens (tertiary/aromatic N) is 2. The average molecular weight is 628 g/mol. The molecule has 12 nitrogen and oxygen atoms in total. The number of aryl methyl sites for hydroxylation is 1. The van der Waals surface area contributed by atoms with Crippen LogP contribution in [0.25, 0.3) is 11.3 Å². The number of carbonyl (C=O) groups is 2. The molecule has 14 heteroatoms. The highest BCUT2D eigenvalue weighted by Crippen LogP contribution is 2.34. The predicted octanol–water partition coefficient (Wildman–Crippen LogP) is 4.61. The summed E-state index contributed by atoms with van der Waals surface area (Å²) in [7, 11) is 0. The molecule has 1 unspecified atom stereocenters. The molecule has 0 saturated heterocycles. The summed E-state index contributed by atoms with van der Waals surface area (Å²) in [5.41, 5.74) is 12.8. The third-order valence-corrected chi connectivity index (χ3v) is 6.82. The fraction of sp³-hybridized carbons (Fsp3) is 0.241. The summed E-state index contributed by atoms with van der Waals surface area (Å²) in [5.74, 6) is 0.621. The number of anilines is 4. The number of aromatic carboxylic acids is 1. The van der Waals surface area contributed by atoms with Gasteiger partial charge >= 0.3 is 5.97 Å². The van der Waals surface area contributed by atoms with Gasteiger partial charge in [0.05, 0.1) is 22.8 Å². The van der Waals surface area contributed by atoms with Gasteiger partial charge in [-0.15, -0.1) is 0 Å². The Labute approximate surface area is 258 Å². The summed E-state index contributed by atoms with van der Waals surface area (Å²) in [6.45, 7) is 2.67. The summed E-state index contributed by atoms with van der Waals surface area (Å²) >= 11 is 12.5. The number of nitrogens with one attached hydrogen (secondary N) is 4. The number of para-hydroxylation sites is 1. The van der Waals surface area contributed by atoms with Crippen LogP contribution >= 0.6 is 23.2 Å². The average Bonchev–Trinajstić information content (AvgIpc) is 3.45. The number of hydrogen-bond donors (Lipinski definition) is 7. The van der Waals surface area contributed by atoms with E-state index in [1.165, 1.54) is 6.07 Å². The van der Waals surface area contributed by atoms with Crippen molar-refractivity contribution in [1.82, 2.24) is 15.3 Å². The number of carboxylic acid groups (broad SMARTS) is 1. The van der Waals surface area contributed by atoms with Gasteiger partial charge in [0.25, 0.3) is 0 Å². The van der Waals surface area contributed by atoms with E-state index in [4.69, 9.17) is 39.1 Å². The van der Waals surface area contributed by atoms with Crippen molar-refractivity contribution in [3.05, 3.63) is 81.8 Å². The molecule has 1 amide bonds. The predicted molar refractivity (Wildman–Crippen MR) is 168 cm³/mol. The minimum atomic E-state index is -1.11. The summed E-state index contributed by atoms with van der Waals surface area (Å²) in [4.78, 5) is 33.9. The quantitative estimate of drug-likeness (QED) is 0.103. The van der Waals surface area contributed by atoms with Crippen LogP contribution in [0.2, 0.25) is 10.0 Å². The number of amides is 1. The molecular formula is C29H32Cl2N8O4. The fourth-order valence-electron chi connectivity index (χ4n) is 4.24. The topological polar surface area (TPSA) is 193 Å². The van der Waals surface area contributed by atoms with Crippen molar-refractivity contribution in [2.24, 2.45) is 11.5 Å². The Bertz CT molecular complexity index is 1600. The van der Waals surface area contributed by atoms with Gasteiger partial charge in [-0.05, 0) is 62.4 Å². The minimum absolute atomic E-state index is 0.0514. The molecule has 4 rings (SSSR count). The fourth-order valence-corrected chi connectivity index (χ4v) is 4.62. The lowest BCUT2D eigenvalue weighted by Gasteiger charge is -2.22. The second-order valence-corrected chi connectivity index (χ2v) is 10.3. The van der Waals surface area contributed by atoms with Gasteiger partial charge in [-0.3, -0.25) is 4.79 Å². The lowest BCUT2D eigenvalue weighted by Crippen LogP contribution is -2.43. The molecule has 2 heterocycles. The lowest BCUT2D eigenvalue weighted by atomic mass is 10.1. The van der Waals surface area contributed by atoms with Gasteiger partial charge in [0, 0.05) is 23.7 Å². The molecule has 4 aromatic rings. The zero-order valence-electron chi connectivity index (χ0n) is 23.3. The first-order valence-corrected chi connectivity index (χ1v) is 14.2. The number of carboxylic acids is 1. The van der Waals surface area contributed by atoms with Crippen molar-refractivity contribution >= 4 is 58.1 Å². The number of nitrogens with two attached hydrogens (primary N) is 2. The number of carbonyl (C=O) groups excluding carboxylic acids is 1. The van der Waals surface area contributed by atoms with Crippen LogP contribution in [0.5, 0.6) is 0 Å². The highest BCUT2D eigenvalue weighted by atomic mass is 35.5. The van der Waals surface area contributed by atoms with Crippen LogP contribution in [0.3, 0.4) is 0 Å². The van der Waals surface area contributed by atoms with Gasteiger partial charge in [-0.1, -0.05) is 35.3 Å². The maximum Gasteiger partial charge on any atom is 0.337 e. The van der Waals surface area contributed by atoms with E-state index in [2.05, 4.69) is 31.2 Å². The van der Waals surface area contributed by atoms with E-state index >= 15 is 0 Å². The van der Waals surface area contributed by atoms with E-state index in [-0.39, 0.29) is 36.9 Å². The van der Waals surface area contributed by atoms with E-state index in [0.717, 1.165) is 0 Å². The van der Waals surface area contributed by atoms with Crippen molar-refractivity contribution in [3.63, 3.8) is 0 Å². The van der Waals surface area contributed by atoms with Gasteiger partial charge in [-0.25, -0.2) is 14.8 Å². The molecule has 0 bridgehead atoms. The number of halogens is 2. The molecule has 0 aliphatic rings. The van der Waals surface area contributed by atoms with Crippen LogP contribution in [0.15, 0.2) is 59.0 Å². The van der Waals surface area contributed by atoms with Crippen LogP contribution in [0.4, 0.5) is 23.0 Å². The van der Waals surface area contributed by atoms with Crippen molar-refractivity contribution in [3.8, 4) is 11.3 Å². The molecule has 2 aromatic carbocycles. The first-order chi connectivity index (χ1) is 20.7. The summed E-state index contributed by atoms with van der Waals surface area (Å²) in [6.07, 6.45) is 0.311. The monoisotopic (exact) mass is 626 g/mol. The molecule has 0 aliphatic heterocycles. The SMILES string of the molecule is Cc1nc(Nc2ccccc2C(=O)O)c(NCc2ccc(-c3cc(Cl)ccc3Cl)o2)c(NC(CCN)C(=O)NCCN)n1. The Hall–Kier alpha value is -4.36. The van der Waals surface area contributed by atoms with Gasteiger partial charge in [-0.2, -0.15) is 0 Å². The Morgan fingerprint density at radius 1 is 1.02 bits per heavy atom. The second kappa shape index (κ2) is 14.7. The van der Waals surface area contributed by atoms with Gasteiger partial charge in [0.2, 0.25) is 5.91 Å². The zero-order chi connectivity index (χ0) is 30.9. The smallest absolute Gasteiger partial charge is 0.337 e. The van der Waals surface area contributed by atoms with E-state index in [1.807, 2.05) is 0 Å². The molecule has 0 aliphatic carbocycles. The number of rotatable bonds is 14. The van der Waals surface area contributed by atoms with Crippen molar-refractivity contribution in [2.45, 2.75) is 25.9 Å². The number of hydrogen-bond acceptors (Lipinski definition) is 10. The number of furan rings is 1. The van der Waals surface area contributed by atoms with Crippen LogP contribution in [-0.4, -0.2) is 52.6 Å². The van der Waals surface area contributed by atoms with Crippen molar-refractivity contribution < 1.29 is 19.1 Å². The Morgan fingerprint density at radius 3 is 2.53 bits per heavy atom. The zero-order valence-corrected chi connectivity index (χ0v) is 24.8. The van der Waals surface area contributed by atoms with Crippen molar-refractivity contribution in [2.75, 3.05) is 35.6 Å². The minimum Gasteiger partial charge on any atom is -0.478 e. The lowest BCUT2D eigenvalue weighted by molar-refractivity contribution is -0.121. The van der Waals surface area contributed by atoms with Gasteiger partial charge in [0.1, 0.15) is 29.1 Å². The van der Waals surface area contributed by atoms with E-state index < -0.39 is 12.0 Å². The van der Waals surface area contributed by atoms with E-state index in [9.17, 15) is 14.7 Å². The number of aromatic nitrogens is 2. The molecule has 1 atom stereocenters. The Kier molecular flexibility index (Phi) is 10.8. The molecule has 0 saturated carbocycles. The summed E-state index contributed by atoms with van der Waals surface area (Å²) in [6, 6.07) is 14.4. The Balaban J connectivity index is 1.70. The third-order valence-electron chi connectivity index (χ3n) is 6.25. The third kappa shape index (κ3) is 8.14. The van der Waals surface area contributed by atoms with Crippen LogP contribution in [0.1, 0.15) is 28.4 Å². The standard InChI is InChI=1S/C29H32Cl2N8O4/c1-16-36-26(38-22-5-3-2-4-19(22)29(41)42)25(27(37-16)39-23(10-11-32)28(40)34-13-12-33)35-15-18-7-9-24(43-18)20-14-17(30)6-8-21(20)31/h2-9,14,23,35H,10-13,15,32-33H2,1H3,(H,34,40)(H,41,42)(H2,36,37,38,39). The first-order valence-electron chi connectivity index (χ1n) is 13.4.